The van der Waals surface area contributed by atoms with Crippen molar-refractivity contribution in [3.63, 3.8) is 0 Å². The number of hydrogen-bond acceptors (Lipinski definition) is 5. The first-order valence-corrected chi connectivity index (χ1v) is 35.2. The molecule has 0 bridgehead atoms. The van der Waals surface area contributed by atoms with Crippen LogP contribution in [0.15, 0.2) is 81.6 Å². The fraction of sp³-hybridized carbons (Fsp3) is 0.524. The summed E-state index contributed by atoms with van der Waals surface area (Å²) in [5, 5.41) is 2.42. The Morgan fingerprint density at radius 1 is 0.356 bits per heavy atom. The molecule has 2 atom stereocenters. The maximum atomic E-state index is 8.09. The number of nitrogens with zero attached hydrogens (tertiary/aromatic N) is 3. The largest absolute Gasteiger partial charge is 0.468 e. The molecule has 5 aliphatic carbocycles. The van der Waals surface area contributed by atoms with Gasteiger partial charge in [0.1, 0.15) is 11.2 Å². The van der Waals surface area contributed by atoms with Gasteiger partial charge in [-0.05, 0) is 275 Å². The summed E-state index contributed by atoms with van der Waals surface area (Å²) in [4.78, 5) is 8.33. The SMILES string of the molecule is Cc1cc(C)c2c(c1)N(c1cc3c4c(c1)N(c1cc5c(cc1C)C(C)(C)CCC5(C)C)c1c(oc5cc6c(cc15)C(C)(C)CCC6(C)C)B4c1c(oc4cc5c(cc14)C(C)(C)CCC5(C)C)N3c1cc3c(cc1C)C(C)(C)CCC3(C)C)C1(C)CCCCC21C. The van der Waals surface area contributed by atoms with Gasteiger partial charge in [-0.3, -0.25) is 4.90 Å². The summed E-state index contributed by atoms with van der Waals surface area (Å²) < 4.78 is 16.1. The molecule has 0 amide bonds. The molecule has 3 aliphatic heterocycles. The van der Waals surface area contributed by atoms with Crippen LogP contribution in [-0.2, 0) is 48.7 Å². The number of hydrogen-bond donors (Lipinski definition) is 0. The fourth-order valence-electron chi connectivity index (χ4n) is 20.4. The van der Waals surface area contributed by atoms with Gasteiger partial charge >= 0.3 is 6.71 Å². The molecule has 0 N–H and O–H groups in total. The van der Waals surface area contributed by atoms with Gasteiger partial charge in [-0.1, -0.05) is 149 Å². The van der Waals surface area contributed by atoms with Crippen molar-refractivity contribution in [1.82, 2.24) is 0 Å². The molecule has 0 saturated heterocycles. The Morgan fingerprint density at radius 3 is 1.27 bits per heavy atom. The zero-order valence-corrected chi connectivity index (χ0v) is 59.1. The number of benzene rings is 6. The van der Waals surface area contributed by atoms with Gasteiger partial charge in [-0.2, -0.15) is 0 Å². The number of furan rings is 2. The van der Waals surface area contributed by atoms with Crippen molar-refractivity contribution in [3.8, 4) is 0 Å². The van der Waals surface area contributed by atoms with E-state index in [1.54, 1.807) is 0 Å². The smallest absolute Gasteiger partial charge is 0.302 e. The molecule has 0 spiro atoms. The Morgan fingerprint density at radius 2 is 0.767 bits per heavy atom. The highest BCUT2D eigenvalue weighted by molar-refractivity contribution is 7.01. The van der Waals surface area contributed by atoms with Crippen LogP contribution in [-0.4, -0.2) is 12.3 Å². The minimum Gasteiger partial charge on any atom is -0.468 e. The standard InChI is InChI=1S/C84H102BN3O2/c1-47-35-50(4)69-64(36-47)88(84(22)26-24-23-25-83(69,84)21)51-39-65-71-66(40-51)87(63-44-59-55(38-49(63)3)76(7,8)28-32-80(59,15)16)74-70(52-41-56-60(45-67(52)90-74)81(17,18)33-29-77(56,9)10)85(71)73-72(53-42-57-61(46-68(53)89-73)82(19,20)34-30-78(57,11)12)86(65)62-43-58-54(37-48(62)2)75(5,6)27-31-79(58,13)14/h35-46H,23-34H2,1-22H3. The van der Waals surface area contributed by atoms with Gasteiger partial charge in [0.15, 0.2) is 0 Å². The van der Waals surface area contributed by atoms with Gasteiger partial charge in [-0.25, -0.2) is 0 Å². The summed E-state index contributed by atoms with van der Waals surface area (Å²) in [6.07, 6.45) is 13.9. The minimum absolute atomic E-state index is 0.00750. The Kier molecular flexibility index (Phi) is 11.8. The summed E-state index contributed by atoms with van der Waals surface area (Å²) in [6.45, 7) is 54.3. The zero-order valence-electron chi connectivity index (χ0n) is 59.1. The van der Waals surface area contributed by atoms with E-state index in [0.717, 1.165) is 80.5 Å². The molecular formula is C84H102BN3O2. The first kappa shape index (κ1) is 58.9. The lowest BCUT2D eigenvalue weighted by atomic mass is 9.35. The van der Waals surface area contributed by atoms with Crippen molar-refractivity contribution in [3.05, 3.63) is 145 Å². The Labute approximate surface area is 540 Å². The predicted octanol–water partition coefficient (Wildman–Crippen LogP) is 21.6. The third-order valence-electron chi connectivity index (χ3n) is 26.8. The van der Waals surface area contributed by atoms with E-state index in [1.807, 2.05) is 0 Å². The topological polar surface area (TPSA) is 36.0 Å². The second-order valence-electron chi connectivity index (χ2n) is 36.5. The molecule has 2 unspecified atom stereocenters. The lowest BCUT2D eigenvalue weighted by Crippen LogP contribution is -2.61. The molecule has 468 valence electrons. The number of aryl methyl sites for hydroxylation is 4. The monoisotopic (exact) mass is 1200 g/mol. The molecule has 90 heavy (non-hydrogen) atoms. The van der Waals surface area contributed by atoms with Gasteiger partial charge in [-0.15, -0.1) is 0 Å². The van der Waals surface area contributed by atoms with Crippen molar-refractivity contribution < 1.29 is 8.83 Å². The normalized spacial score (nSPS) is 25.2. The number of fused-ring (bicyclic) bond motifs is 15. The van der Waals surface area contributed by atoms with Crippen LogP contribution in [0.1, 0.15) is 274 Å². The highest BCUT2D eigenvalue weighted by Crippen LogP contribution is 2.64. The van der Waals surface area contributed by atoms with Gasteiger partial charge in [0.2, 0.25) is 5.88 Å². The summed E-state index contributed by atoms with van der Waals surface area (Å²) in [7, 11) is 0. The van der Waals surface area contributed by atoms with E-state index in [1.165, 1.54) is 153 Å². The Balaban J connectivity index is 1.11. The van der Waals surface area contributed by atoms with Crippen LogP contribution < -0.4 is 31.3 Å². The van der Waals surface area contributed by atoms with Gasteiger partial charge in [0, 0.05) is 50.1 Å². The van der Waals surface area contributed by atoms with E-state index in [9.17, 15) is 0 Å². The maximum absolute atomic E-state index is 8.09. The lowest BCUT2D eigenvalue weighted by molar-refractivity contribution is 0.194. The summed E-state index contributed by atoms with van der Waals surface area (Å²) >= 11 is 0. The second kappa shape index (κ2) is 18.0. The first-order valence-electron chi connectivity index (χ1n) is 35.2. The minimum atomic E-state index is -0.293. The molecule has 0 radical (unpaired) electrons. The van der Waals surface area contributed by atoms with Crippen LogP contribution in [0.5, 0.6) is 0 Å². The van der Waals surface area contributed by atoms with Crippen LogP contribution >= 0.6 is 0 Å². The molecule has 1 saturated carbocycles. The van der Waals surface area contributed by atoms with Crippen molar-refractivity contribution in [2.75, 3.05) is 14.7 Å². The molecule has 5 heterocycles. The average Bonchev–Trinajstić information content (AvgIpc) is 1.42. The molecule has 6 heteroatoms. The third-order valence-corrected chi connectivity index (χ3v) is 26.8. The van der Waals surface area contributed by atoms with Gasteiger partial charge < -0.3 is 18.6 Å². The summed E-state index contributed by atoms with van der Waals surface area (Å²) in [5.41, 5.74) is 32.5. The number of anilines is 8. The molecule has 16 rings (SSSR count). The maximum Gasteiger partial charge on any atom is 0.302 e. The highest BCUT2D eigenvalue weighted by Gasteiger charge is 2.60. The summed E-state index contributed by atoms with van der Waals surface area (Å²) in [5.74, 6) is 0.928. The third kappa shape index (κ3) is 7.69. The predicted molar refractivity (Wildman–Crippen MR) is 383 cm³/mol. The number of rotatable bonds is 3. The van der Waals surface area contributed by atoms with E-state index in [-0.39, 0.29) is 61.0 Å². The fourth-order valence-corrected chi connectivity index (χ4v) is 20.4. The molecule has 6 aromatic carbocycles. The van der Waals surface area contributed by atoms with Crippen molar-refractivity contribution in [2.45, 2.75) is 284 Å². The van der Waals surface area contributed by atoms with Crippen LogP contribution in [0.2, 0.25) is 0 Å². The average molecular weight is 1200 g/mol. The molecule has 8 aliphatic rings. The Bertz CT molecular complexity index is 4510. The first-order chi connectivity index (χ1) is 41.9. The van der Waals surface area contributed by atoms with Crippen molar-refractivity contribution >= 4 is 90.9 Å². The lowest BCUT2D eigenvalue weighted by Gasteiger charge is -2.51. The van der Waals surface area contributed by atoms with Gasteiger partial charge in [0.25, 0.3) is 0 Å². The molecule has 8 aromatic rings. The second-order valence-corrected chi connectivity index (χ2v) is 36.5. The van der Waals surface area contributed by atoms with Crippen LogP contribution in [0.3, 0.4) is 0 Å². The molecule has 1 fully saturated rings. The van der Waals surface area contributed by atoms with Crippen LogP contribution in [0.25, 0.3) is 21.9 Å². The van der Waals surface area contributed by atoms with Crippen molar-refractivity contribution in [2.24, 2.45) is 0 Å². The zero-order chi connectivity index (χ0) is 63.9. The molecule has 5 nitrogen and oxygen atoms in total. The quantitative estimate of drug-likeness (QED) is 0.165. The molecule has 2 aromatic heterocycles. The van der Waals surface area contributed by atoms with Crippen LogP contribution in [0.4, 0.5) is 45.7 Å². The molecular weight excluding hydrogens is 1090 g/mol. The highest BCUT2D eigenvalue weighted by atomic mass is 16.4. The van der Waals surface area contributed by atoms with Gasteiger partial charge in [0.05, 0.1) is 22.6 Å². The van der Waals surface area contributed by atoms with E-state index >= 15 is 0 Å². The van der Waals surface area contributed by atoms with Crippen LogP contribution in [0, 0.1) is 27.7 Å². The van der Waals surface area contributed by atoms with Crippen molar-refractivity contribution in [1.29, 1.82) is 0 Å². The Hall–Kier alpha value is -6.14. The summed E-state index contributed by atoms with van der Waals surface area (Å²) in [6, 6.07) is 31.1. The van der Waals surface area contributed by atoms with E-state index < -0.39 is 0 Å². The van der Waals surface area contributed by atoms with E-state index in [2.05, 4.69) is 240 Å². The van der Waals surface area contributed by atoms with E-state index in [0.29, 0.717) is 0 Å². The van der Waals surface area contributed by atoms with E-state index in [4.69, 9.17) is 8.83 Å².